The number of nitrogens with one attached hydrogen (secondary N) is 1. The summed E-state index contributed by atoms with van der Waals surface area (Å²) in [6.07, 6.45) is 3.53. The highest BCUT2D eigenvalue weighted by Gasteiger charge is 2.18. The van der Waals surface area contributed by atoms with Crippen molar-refractivity contribution in [2.24, 2.45) is 0 Å². The lowest BCUT2D eigenvalue weighted by atomic mass is 10.0. The minimum Gasteiger partial charge on any atom is -0.462 e. The molecule has 4 heteroatoms. The zero-order valence-corrected chi connectivity index (χ0v) is 13.1. The van der Waals surface area contributed by atoms with Crippen LogP contribution in [0.2, 0.25) is 0 Å². The molecule has 0 amide bonds. The zero-order chi connectivity index (χ0) is 15.1. The molecule has 1 aliphatic heterocycles. The zero-order valence-electron chi connectivity index (χ0n) is 13.1. The standard InChI is InChI=1S/C17H26N2O2/c1-3-10-19-11-8-15(9-12-19)18-16-7-5-6-14(13-16)17(20)21-4-2/h5-7,13,15,18H,3-4,8-12H2,1-2H3. The monoisotopic (exact) mass is 290 g/mol. The molecule has 1 aromatic carbocycles. The maximum atomic E-state index is 11.7. The van der Waals surface area contributed by atoms with E-state index >= 15 is 0 Å². The molecule has 0 spiro atoms. The molecule has 1 heterocycles. The van der Waals surface area contributed by atoms with E-state index in [0.29, 0.717) is 18.2 Å². The van der Waals surface area contributed by atoms with Gasteiger partial charge in [0.05, 0.1) is 12.2 Å². The number of carbonyl (C=O) groups excluding carboxylic acids is 1. The Morgan fingerprint density at radius 1 is 1.33 bits per heavy atom. The molecule has 1 saturated heterocycles. The molecule has 116 valence electrons. The van der Waals surface area contributed by atoms with Gasteiger partial charge in [-0.3, -0.25) is 0 Å². The molecule has 0 aromatic heterocycles. The van der Waals surface area contributed by atoms with Crippen molar-refractivity contribution in [2.75, 3.05) is 31.6 Å². The summed E-state index contributed by atoms with van der Waals surface area (Å²) in [5, 5.41) is 3.55. The van der Waals surface area contributed by atoms with Crippen molar-refractivity contribution in [1.82, 2.24) is 4.90 Å². The summed E-state index contributed by atoms with van der Waals surface area (Å²) in [6.45, 7) is 7.97. The molecule has 1 aromatic rings. The maximum absolute atomic E-state index is 11.7. The molecule has 0 aliphatic carbocycles. The van der Waals surface area contributed by atoms with Gasteiger partial charge in [0.25, 0.3) is 0 Å². The third-order valence-corrected chi connectivity index (χ3v) is 3.87. The number of anilines is 1. The largest absolute Gasteiger partial charge is 0.462 e. The van der Waals surface area contributed by atoms with Crippen LogP contribution in [0.25, 0.3) is 0 Å². The Kier molecular flexibility index (Phi) is 6.05. The summed E-state index contributed by atoms with van der Waals surface area (Å²) in [6, 6.07) is 8.10. The Labute approximate surface area is 127 Å². The van der Waals surface area contributed by atoms with Gasteiger partial charge in [0.15, 0.2) is 0 Å². The molecule has 2 rings (SSSR count). The Morgan fingerprint density at radius 3 is 2.76 bits per heavy atom. The van der Waals surface area contributed by atoms with E-state index in [-0.39, 0.29) is 5.97 Å². The van der Waals surface area contributed by atoms with Gasteiger partial charge in [0.1, 0.15) is 0 Å². The Bertz CT molecular complexity index is 454. The van der Waals surface area contributed by atoms with Gasteiger partial charge in [0.2, 0.25) is 0 Å². The van der Waals surface area contributed by atoms with E-state index in [1.807, 2.05) is 25.1 Å². The lowest BCUT2D eigenvalue weighted by Gasteiger charge is -2.32. The van der Waals surface area contributed by atoms with E-state index < -0.39 is 0 Å². The second kappa shape index (κ2) is 8.03. The third-order valence-electron chi connectivity index (χ3n) is 3.87. The molecule has 0 bridgehead atoms. The van der Waals surface area contributed by atoms with Crippen LogP contribution in [0.15, 0.2) is 24.3 Å². The SMILES string of the molecule is CCCN1CCC(Nc2cccc(C(=O)OCC)c2)CC1. The van der Waals surface area contributed by atoms with Gasteiger partial charge < -0.3 is 15.0 Å². The number of likely N-dealkylation sites (tertiary alicyclic amines) is 1. The number of hydrogen-bond acceptors (Lipinski definition) is 4. The van der Waals surface area contributed by atoms with Gasteiger partial charge in [-0.15, -0.1) is 0 Å². The molecular formula is C17H26N2O2. The first-order valence-electron chi connectivity index (χ1n) is 7.99. The van der Waals surface area contributed by atoms with Crippen molar-refractivity contribution < 1.29 is 9.53 Å². The predicted molar refractivity (Wildman–Crippen MR) is 85.8 cm³/mol. The number of carbonyl (C=O) groups is 1. The Balaban J connectivity index is 1.89. The van der Waals surface area contributed by atoms with E-state index in [4.69, 9.17) is 4.74 Å². The van der Waals surface area contributed by atoms with E-state index in [9.17, 15) is 4.79 Å². The molecule has 21 heavy (non-hydrogen) atoms. The second-order valence-corrected chi connectivity index (χ2v) is 5.56. The predicted octanol–water partition coefficient (Wildman–Crippen LogP) is 3.15. The van der Waals surface area contributed by atoms with Crippen LogP contribution in [-0.4, -0.2) is 43.2 Å². The van der Waals surface area contributed by atoms with Crippen LogP contribution in [0.3, 0.4) is 0 Å². The molecule has 1 aliphatic rings. The molecule has 0 saturated carbocycles. The summed E-state index contributed by atoms with van der Waals surface area (Å²) < 4.78 is 5.04. The van der Waals surface area contributed by atoms with Crippen LogP contribution in [0.1, 0.15) is 43.5 Å². The summed E-state index contributed by atoms with van der Waals surface area (Å²) in [4.78, 5) is 14.3. The molecular weight excluding hydrogens is 264 g/mol. The van der Waals surface area contributed by atoms with Crippen molar-refractivity contribution in [3.63, 3.8) is 0 Å². The first kappa shape index (κ1) is 15.8. The van der Waals surface area contributed by atoms with Gasteiger partial charge in [-0.1, -0.05) is 13.0 Å². The number of hydrogen-bond donors (Lipinski definition) is 1. The van der Waals surface area contributed by atoms with Crippen molar-refractivity contribution in [3.05, 3.63) is 29.8 Å². The van der Waals surface area contributed by atoms with E-state index in [2.05, 4.69) is 17.1 Å². The van der Waals surface area contributed by atoms with Crippen molar-refractivity contribution in [1.29, 1.82) is 0 Å². The maximum Gasteiger partial charge on any atom is 0.338 e. The fourth-order valence-electron chi connectivity index (χ4n) is 2.80. The first-order chi connectivity index (χ1) is 10.2. The number of esters is 1. The van der Waals surface area contributed by atoms with Crippen molar-refractivity contribution >= 4 is 11.7 Å². The van der Waals surface area contributed by atoms with Crippen LogP contribution in [0, 0.1) is 0 Å². The number of piperidine rings is 1. The molecule has 0 radical (unpaired) electrons. The molecule has 0 atom stereocenters. The quantitative estimate of drug-likeness (QED) is 0.817. The van der Waals surface area contributed by atoms with Crippen LogP contribution >= 0.6 is 0 Å². The summed E-state index contributed by atoms with van der Waals surface area (Å²) in [5.74, 6) is -0.251. The number of benzene rings is 1. The van der Waals surface area contributed by atoms with Crippen LogP contribution < -0.4 is 5.32 Å². The molecule has 1 N–H and O–H groups in total. The second-order valence-electron chi connectivity index (χ2n) is 5.56. The fraction of sp³-hybridized carbons (Fsp3) is 0.588. The van der Waals surface area contributed by atoms with Gasteiger partial charge in [0, 0.05) is 24.8 Å². The van der Waals surface area contributed by atoms with Crippen LogP contribution in [0.5, 0.6) is 0 Å². The highest BCUT2D eigenvalue weighted by atomic mass is 16.5. The lowest BCUT2D eigenvalue weighted by molar-refractivity contribution is 0.0526. The highest BCUT2D eigenvalue weighted by Crippen LogP contribution is 2.18. The molecule has 1 fully saturated rings. The average Bonchev–Trinajstić information content (AvgIpc) is 2.50. The smallest absolute Gasteiger partial charge is 0.338 e. The minimum atomic E-state index is -0.251. The van der Waals surface area contributed by atoms with Gasteiger partial charge in [-0.2, -0.15) is 0 Å². The molecule has 4 nitrogen and oxygen atoms in total. The van der Waals surface area contributed by atoms with Gasteiger partial charge in [-0.25, -0.2) is 4.79 Å². The van der Waals surface area contributed by atoms with Gasteiger partial charge >= 0.3 is 5.97 Å². The van der Waals surface area contributed by atoms with Crippen LogP contribution in [0.4, 0.5) is 5.69 Å². The Morgan fingerprint density at radius 2 is 2.10 bits per heavy atom. The van der Waals surface area contributed by atoms with Crippen LogP contribution in [-0.2, 0) is 4.74 Å². The summed E-state index contributed by atoms with van der Waals surface area (Å²) >= 11 is 0. The lowest BCUT2D eigenvalue weighted by Crippen LogP contribution is -2.39. The van der Waals surface area contributed by atoms with Gasteiger partial charge in [-0.05, 0) is 50.9 Å². The fourth-order valence-corrected chi connectivity index (χ4v) is 2.80. The average molecular weight is 290 g/mol. The number of nitrogens with zero attached hydrogens (tertiary/aromatic N) is 1. The van der Waals surface area contributed by atoms with E-state index in [1.54, 1.807) is 6.07 Å². The first-order valence-corrected chi connectivity index (χ1v) is 7.99. The minimum absolute atomic E-state index is 0.251. The number of ether oxygens (including phenoxy) is 1. The normalized spacial score (nSPS) is 16.7. The summed E-state index contributed by atoms with van der Waals surface area (Å²) in [7, 11) is 0. The van der Waals surface area contributed by atoms with E-state index in [0.717, 1.165) is 31.6 Å². The van der Waals surface area contributed by atoms with Crippen molar-refractivity contribution in [2.45, 2.75) is 39.2 Å². The molecule has 0 unspecified atom stereocenters. The topological polar surface area (TPSA) is 41.6 Å². The number of rotatable bonds is 6. The third kappa shape index (κ3) is 4.74. The highest BCUT2D eigenvalue weighted by molar-refractivity contribution is 5.90. The summed E-state index contributed by atoms with van der Waals surface area (Å²) in [5.41, 5.74) is 1.62. The van der Waals surface area contributed by atoms with E-state index in [1.165, 1.54) is 13.0 Å². The van der Waals surface area contributed by atoms with Crippen molar-refractivity contribution in [3.8, 4) is 0 Å². The Hall–Kier alpha value is -1.55.